The van der Waals surface area contributed by atoms with Crippen LogP contribution in [-0.4, -0.2) is 11.4 Å². The highest BCUT2D eigenvalue weighted by molar-refractivity contribution is 6.32. The molecule has 0 aromatic heterocycles. The molecule has 0 amide bonds. The van der Waals surface area contributed by atoms with Crippen LogP contribution in [0.25, 0.3) is 0 Å². The minimum absolute atomic E-state index is 0.0463. The highest BCUT2D eigenvalue weighted by Crippen LogP contribution is 2.39. The van der Waals surface area contributed by atoms with Gasteiger partial charge in [0.25, 0.3) is 0 Å². The Labute approximate surface area is 104 Å². The number of halogens is 1. The lowest BCUT2D eigenvalue weighted by Crippen LogP contribution is -2.40. The molecule has 4 heteroatoms. The van der Waals surface area contributed by atoms with Crippen molar-refractivity contribution < 1.29 is 9.53 Å². The van der Waals surface area contributed by atoms with E-state index in [1.165, 1.54) is 0 Å². The second-order valence-electron chi connectivity index (χ2n) is 4.11. The Kier molecular flexibility index (Phi) is 2.23. The summed E-state index contributed by atoms with van der Waals surface area (Å²) in [6, 6.07) is 5.22. The Morgan fingerprint density at radius 3 is 2.82 bits per heavy atom. The highest BCUT2D eigenvalue weighted by Gasteiger charge is 2.38. The number of ketones is 1. The van der Waals surface area contributed by atoms with E-state index in [4.69, 9.17) is 16.3 Å². The molecule has 1 N–H and O–H groups in total. The van der Waals surface area contributed by atoms with E-state index in [0.717, 1.165) is 0 Å². The molecule has 0 radical (unpaired) electrons. The number of nitrogens with one attached hydrogen (secondary N) is 1. The molecule has 0 atom stereocenters. The average molecular weight is 248 g/mol. The van der Waals surface area contributed by atoms with Crippen LogP contribution in [-0.2, 0) is 0 Å². The van der Waals surface area contributed by atoms with Gasteiger partial charge in [0.15, 0.2) is 17.1 Å². The van der Waals surface area contributed by atoms with Crippen molar-refractivity contribution in [3.63, 3.8) is 0 Å². The van der Waals surface area contributed by atoms with Gasteiger partial charge in [-0.2, -0.15) is 0 Å². The Hall–Kier alpha value is -1.74. The lowest BCUT2D eigenvalue weighted by Gasteiger charge is -2.34. The van der Waals surface area contributed by atoms with Gasteiger partial charge < -0.3 is 10.1 Å². The minimum atomic E-state index is -0.694. The summed E-state index contributed by atoms with van der Waals surface area (Å²) >= 11 is 6.07. The van der Waals surface area contributed by atoms with Gasteiger partial charge in [-0.15, -0.1) is 0 Å². The summed E-state index contributed by atoms with van der Waals surface area (Å²) in [5.41, 5.74) is -0.135. The minimum Gasteiger partial charge on any atom is -0.476 e. The number of hydrogen-bond acceptors (Lipinski definition) is 3. The molecular weight excluding hydrogens is 238 g/mol. The van der Waals surface area contributed by atoms with Crippen molar-refractivity contribution in [2.24, 2.45) is 0 Å². The maximum Gasteiger partial charge on any atom is 0.171 e. The van der Waals surface area contributed by atoms with E-state index in [1.54, 1.807) is 30.6 Å². The number of rotatable bonds is 0. The van der Waals surface area contributed by atoms with Crippen molar-refractivity contribution in [3.8, 4) is 5.75 Å². The van der Waals surface area contributed by atoms with Gasteiger partial charge in [-0.25, -0.2) is 0 Å². The first-order valence-electron chi connectivity index (χ1n) is 5.32. The predicted molar refractivity (Wildman–Crippen MR) is 65.2 cm³/mol. The van der Waals surface area contributed by atoms with E-state index in [9.17, 15) is 4.79 Å². The molecule has 1 aromatic carbocycles. The predicted octanol–water partition coefficient (Wildman–Crippen LogP) is 2.67. The topological polar surface area (TPSA) is 38.3 Å². The molecule has 86 valence electrons. The third-order valence-corrected chi connectivity index (χ3v) is 3.22. The molecule has 2 heterocycles. The first-order valence-corrected chi connectivity index (χ1v) is 5.70. The summed E-state index contributed by atoms with van der Waals surface area (Å²) in [7, 11) is 0. The number of fused-ring (bicyclic) bond motifs is 1. The van der Waals surface area contributed by atoms with Gasteiger partial charge in [0, 0.05) is 12.4 Å². The van der Waals surface area contributed by atoms with Crippen LogP contribution < -0.4 is 10.1 Å². The lowest BCUT2D eigenvalue weighted by molar-refractivity contribution is 0.0795. The number of carbonyl (C=O) groups is 1. The van der Waals surface area contributed by atoms with Crippen LogP contribution in [0.2, 0.25) is 5.02 Å². The van der Waals surface area contributed by atoms with Crippen LogP contribution in [0.4, 0.5) is 0 Å². The van der Waals surface area contributed by atoms with E-state index < -0.39 is 5.60 Å². The highest BCUT2D eigenvalue weighted by atomic mass is 35.5. The van der Waals surface area contributed by atoms with Crippen molar-refractivity contribution in [2.75, 3.05) is 0 Å². The molecule has 17 heavy (non-hydrogen) atoms. The maximum absolute atomic E-state index is 12.1. The molecular formula is C13H10ClNO2. The maximum atomic E-state index is 12.1. The van der Waals surface area contributed by atoms with E-state index in [-0.39, 0.29) is 5.78 Å². The molecule has 3 rings (SSSR count). The van der Waals surface area contributed by atoms with Gasteiger partial charge in [-0.05, 0) is 24.3 Å². The molecule has 0 saturated heterocycles. The Balaban J connectivity index is 2.11. The number of ether oxygens (including phenoxy) is 1. The van der Waals surface area contributed by atoms with E-state index in [1.807, 2.05) is 12.2 Å². The van der Waals surface area contributed by atoms with Crippen molar-refractivity contribution in [3.05, 3.63) is 53.3 Å². The van der Waals surface area contributed by atoms with Crippen LogP contribution in [0.5, 0.6) is 5.75 Å². The number of Topliss-reactive ketones (excluding diaryl/α,β-unsaturated/α-hetero) is 1. The summed E-state index contributed by atoms with van der Waals surface area (Å²) in [6.45, 7) is 0. The third-order valence-electron chi connectivity index (χ3n) is 2.92. The van der Waals surface area contributed by atoms with Crippen molar-refractivity contribution >= 4 is 17.4 Å². The molecule has 1 aromatic rings. The first-order chi connectivity index (χ1) is 8.20. The molecule has 0 aliphatic carbocycles. The van der Waals surface area contributed by atoms with Gasteiger partial charge >= 0.3 is 0 Å². The molecule has 2 aliphatic heterocycles. The fraction of sp³-hybridized carbons (Fsp3) is 0.154. The molecule has 0 bridgehead atoms. The third kappa shape index (κ3) is 1.63. The molecule has 0 unspecified atom stereocenters. The van der Waals surface area contributed by atoms with Crippen molar-refractivity contribution in [2.45, 2.75) is 12.0 Å². The van der Waals surface area contributed by atoms with Gasteiger partial charge in [0.05, 0.1) is 17.0 Å². The Bertz CT molecular complexity index is 536. The molecule has 2 aliphatic rings. The summed E-state index contributed by atoms with van der Waals surface area (Å²) in [5.74, 6) is 0.520. The Morgan fingerprint density at radius 2 is 2.06 bits per heavy atom. The second kappa shape index (κ2) is 3.64. The number of dihydropyridines is 1. The number of carbonyl (C=O) groups excluding carboxylic acids is 1. The van der Waals surface area contributed by atoms with Gasteiger partial charge in [-0.1, -0.05) is 17.7 Å². The van der Waals surface area contributed by atoms with Gasteiger partial charge in [0.1, 0.15) is 0 Å². The fourth-order valence-corrected chi connectivity index (χ4v) is 2.29. The molecule has 1 spiro atoms. The fourth-order valence-electron chi connectivity index (χ4n) is 2.08. The van der Waals surface area contributed by atoms with Crippen LogP contribution in [0.1, 0.15) is 16.8 Å². The van der Waals surface area contributed by atoms with Gasteiger partial charge in [0.2, 0.25) is 0 Å². The van der Waals surface area contributed by atoms with Gasteiger partial charge in [-0.3, -0.25) is 4.79 Å². The first kappa shape index (κ1) is 10.4. The monoisotopic (exact) mass is 247 g/mol. The zero-order valence-electron chi connectivity index (χ0n) is 8.94. The average Bonchev–Trinajstić information content (AvgIpc) is 2.32. The zero-order valence-corrected chi connectivity index (χ0v) is 9.70. The van der Waals surface area contributed by atoms with Crippen LogP contribution in [0.15, 0.2) is 42.8 Å². The summed E-state index contributed by atoms with van der Waals surface area (Å²) in [4.78, 5) is 12.1. The standard InChI is InChI=1S/C13H10ClNO2/c14-10-3-1-2-9-11(16)8-13(17-12(9)10)4-6-15-7-5-13/h1-7,15H,8H2. The molecule has 3 nitrogen and oxygen atoms in total. The van der Waals surface area contributed by atoms with Crippen molar-refractivity contribution in [1.82, 2.24) is 5.32 Å². The number of para-hydroxylation sites is 1. The largest absolute Gasteiger partial charge is 0.476 e. The van der Waals surface area contributed by atoms with E-state index >= 15 is 0 Å². The smallest absolute Gasteiger partial charge is 0.171 e. The summed E-state index contributed by atoms with van der Waals surface area (Å²) < 4.78 is 5.90. The van der Waals surface area contributed by atoms with Crippen LogP contribution in [0, 0.1) is 0 Å². The van der Waals surface area contributed by atoms with E-state index in [0.29, 0.717) is 22.8 Å². The zero-order chi connectivity index (χ0) is 11.9. The SMILES string of the molecule is O=C1CC2(C=CNC=C2)Oc2c(Cl)cccc21. The molecule has 0 saturated carbocycles. The number of benzene rings is 1. The number of hydrogen-bond donors (Lipinski definition) is 1. The lowest BCUT2D eigenvalue weighted by atomic mass is 9.89. The quantitative estimate of drug-likeness (QED) is 0.766. The second-order valence-corrected chi connectivity index (χ2v) is 4.51. The van der Waals surface area contributed by atoms with Crippen molar-refractivity contribution in [1.29, 1.82) is 0 Å². The Morgan fingerprint density at radius 1 is 1.29 bits per heavy atom. The summed E-state index contributed by atoms with van der Waals surface area (Å²) in [5, 5.41) is 3.39. The van der Waals surface area contributed by atoms with Crippen LogP contribution >= 0.6 is 11.6 Å². The normalized spacial score (nSPS) is 19.7. The van der Waals surface area contributed by atoms with E-state index in [2.05, 4.69) is 5.32 Å². The van der Waals surface area contributed by atoms with Crippen LogP contribution in [0.3, 0.4) is 0 Å². The summed E-state index contributed by atoms with van der Waals surface area (Å²) in [6.07, 6.45) is 7.48. The molecule has 0 fully saturated rings.